The molecule has 2 amide bonds. The van der Waals surface area contributed by atoms with Crippen molar-refractivity contribution in [2.75, 3.05) is 10.6 Å². The summed E-state index contributed by atoms with van der Waals surface area (Å²) in [6, 6.07) is 13.4. The lowest BCUT2D eigenvalue weighted by Gasteiger charge is -2.14. The number of esters is 1. The van der Waals surface area contributed by atoms with Crippen molar-refractivity contribution in [1.29, 1.82) is 0 Å². The maximum absolute atomic E-state index is 12.1. The summed E-state index contributed by atoms with van der Waals surface area (Å²) >= 11 is 5.80. The summed E-state index contributed by atoms with van der Waals surface area (Å²) in [6.45, 7) is 2.91. The van der Waals surface area contributed by atoms with E-state index in [4.69, 9.17) is 16.3 Å². The second-order valence-corrected chi connectivity index (χ2v) is 6.12. The Labute approximate surface area is 156 Å². The van der Waals surface area contributed by atoms with E-state index in [1.807, 2.05) is 0 Å². The maximum Gasteiger partial charge on any atom is 0.311 e. The Morgan fingerprint density at radius 3 is 2.04 bits per heavy atom. The maximum atomic E-state index is 12.1. The third-order valence-corrected chi connectivity index (χ3v) is 3.66. The van der Waals surface area contributed by atoms with Gasteiger partial charge in [-0.25, -0.2) is 0 Å². The van der Waals surface area contributed by atoms with E-state index < -0.39 is 18.0 Å². The largest absolute Gasteiger partial charge is 0.452 e. The summed E-state index contributed by atoms with van der Waals surface area (Å²) in [4.78, 5) is 35.0. The Morgan fingerprint density at radius 1 is 0.962 bits per heavy atom. The van der Waals surface area contributed by atoms with Crippen LogP contribution in [-0.4, -0.2) is 23.9 Å². The minimum Gasteiger partial charge on any atom is -0.452 e. The highest BCUT2D eigenvalue weighted by Gasteiger charge is 2.18. The third-order valence-electron chi connectivity index (χ3n) is 3.41. The van der Waals surface area contributed by atoms with Gasteiger partial charge in [0.15, 0.2) is 6.10 Å². The fraction of sp³-hybridized carbons (Fsp3) is 0.211. The first-order valence-electron chi connectivity index (χ1n) is 7.96. The number of amides is 2. The molecule has 0 fully saturated rings. The van der Waals surface area contributed by atoms with Crippen LogP contribution >= 0.6 is 11.6 Å². The summed E-state index contributed by atoms with van der Waals surface area (Å²) in [5.41, 5.74) is 1.91. The van der Waals surface area contributed by atoms with E-state index in [1.54, 1.807) is 48.5 Å². The van der Waals surface area contributed by atoms with Crippen molar-refractivity contribution in [2.45, 2.75) is 26.4 Å². The van der Waals surface area contributed by atoms with Crippen molar-refractivity contribution in [1.82, 2.24) is 0 Å². The van der Waals surface area contributed by atoms with E-state index >= 15 is 0 Å². The summed E-state index contributed by atoms with van der Waals surface area (Å²) in [6.07, 6.45) is -0.884. The molecule has 0 unspecified atom stereocenters. The molecule has 0 aliphatic heterocycles. The van der Waals surface area contributed by atoms with Crippen LogP contribution in [0.5, 0.6) is 0 Å². The molecule has 7 heteroatoms. The molecule has 0 heterocycles. The Hall–Kier alpha value is -2.86. The topological polar surface area (TPSA) is 84.5 Å². The lowest BCUT2D eigenvalue weighted by molar-refractivity contribution is -0.152. The Bertz CT molecular complexity index is 788. The smallest absolute Gasteiger partial charge is 0.311 e. The van der Waals surface area contributed by atoms with Gasteiger partial charge < -0.3 is 15.4 Å². The molecule has 0 aromatic heterocycles. The number of halogens is 1. The van der Waals surface area contributed by atoms with Gasteiger partial charge in [-0.05, 0) is 48.9 Å². The average molecular weight is 375 g/mol. The molecule has 2 N–H and O–H groups in total. The van der Waals surface area contributed by atoms with Gasteiger partial charge in [0, 0.05) is 23.3 Å². The van der Waals surface area contributed by atoms with Crippen LogP contribution in [0.25, 0.3) is 0 Å². The number of hydrogen-bond donors (Lipinski definition) is 2. The van der Waals surface area contributed by atoms with Crippen LogP contribution in [0, 0.1) is 0 Å². The predicted octanol–water partition coefficient (Wildman–Crippen LogP) is 3.41. The van der Waals surface area contributed by atoms with Gasteiger partial charge in [0.25, 0.3) is 5.91 Å². The van der Waals surface area contributed by atoms with E-state index in [2.05, 4.69) is 10.6 Å². The molecule has 26 heavy (non-hydrogen) atoms. The normalized spacial score (nSPS) is 11.3. The van der Waals surface area contributed by atoms with Gasteiger partial charge in [-0.15, -0.1) is 0 Å². The van der Waals surface area contributed by atoms with Crippen LogP contribution in [0.4, 0.5) is 11.4 Å². The molecule has 136 valence electrons. The zero-order valence-electron chi connectivity index (χ0n) is 14.4. The fourth-order valence-corrected chi connectivity index (χ4v) is 2.27. The monoisotopic (exact) mass is 374 g/mol. The van der Waals surface area contributed by atoms with Crippen LogP contribution in [0.1, 0.15) is 19.4 Å². The fourth-order valence-electron chi connectivity index (χ4n) is 2.15. The highest BCUT2D eigenvalue weighted by molar-refractivity contribution is 6.30. The van der Waals surface area contributed by atoms with Crippen LogP contribution in [0.3, 0.4) is 0 Å². The zero-order chi connectivity index (χ0) is 19.1. The number of anilines is 2. The Balaban J connectivity index is 1.85. The van der Waals surface area contributed by atoms with Crippen molar-refractivity contribution in [3.8, 4) is 0 Å². The number of nitrogens with one attached hydrogen (secondary N) is 2. The molecule has 0 aliphatic carbocycles. The quantitative estimate of drug-likeness (QED) is 0.759. The summed E-state index contributed by atoms with van der Waals surface area (Å²) in [5, 5.41) is 5.87. The minimum atomic E-state index is -0.940. The first-order valence-corrected chi connectivity index (χ1v) is 8.34. The van der Waals surface area contributed by atoms with E-state index in [1.165, 1.54) is 13.8 Å². The standard InChI is InChI=1S/C19H19ClN2O4/c1-12(26-18(24)11-14-3-5-15(20)6-4-14)19(25)22-17-9-7-16(8-10-17)21-13(2)23/h3-10,12H,11H2,1-2H3,(H,21,23)(H,22,25)/t12-/m1/s1. The van der Waals surface area contributed by atoms with E-state index in [0.717, 1.165) is 5.56 Å². The minimum absolute atomic E-state index is 0.0558. The van der Waals surface area contributed by atoms with E-state index in [9.17, 15) is 14.4 Å². The summed E-state index contributed by atoms with van der Waals surface area (Å²) in [7, 11) is 0. The van der Waals surface area contributed by atoms with Gasteiger partial charge in [-0.3, -0.25) is 14.4 Å². The molecule has 0 saturated carbocycles. The van der Waals surface area contributed by atoms with Crippen LogP contribution in [0.15, 0.2) is 48.5 Å². The average Bonchev–Trinajstić information content (AvgIpc) is 2.58. The molecule has 0 spiro atoms. The van der Waals surface area contributed by atoms with Gasteiger partial charge in [0.1, 0.15) is 0 Å². The SMILES string of the molecule is CC(=O)Nc1ccc(NC(=O)[C@@H](C)OC(=O)Cc2ccc(Cl)cc2)cc1. The molecule has 1 atom stereocenters. The van der Waals surface area contributed by atoms with E-state index in [0.29, 0.717) is 16.4 Å². The van der Waals surface area contributed by atoms with Gasteiger partial charge in [0.2, 0.25) is 5.91 Å². The van der Waals surface area contributed by atoms with Crippen molar-refractivity contribution in [2.24, 2.45) is 0 Å². The molecule has 6 nitrogen and oxygen atoms in total. The van der Waals surface area contributed by atoms with Crippen molar-refractivity contribution < 1.29 is 19.1 Å². The highest BCUT2D eigenvalue weighted by Crippen LogP contribution is 2.14. The second-order valence-electron chi connectivity index (χ2n) is 5.68. The number of hydrogen-bond acceptors (Lipinski definition) is 4. The van der Waals surface area contributed by atoms with Crippen LogP contribution < -0.4 is 10.6 Å². The third kappa shape index (κ3) is 6.22. The Morgan fingerprint density at radius 2 is 1.50 bits per heavy atom. The molecule has 2 aromatic carbocycles. The van der Waals surface area contributed by atoms with E-state index in [-0.39, 0.29) is 12.3 Å². The highest BCUT2D eigenvalue weighted by atomic mass is 35.5. The van der Waals surface area contributed by atoms with Crippen molar-refractivity contribution >= 4 is 40.8 Å². The van der Waals surface area contributed by atoms with Crippen LogP contribution in [0.2, 0.25) is 5.02 Å². The molecule has 2 aromatic rings. The summed E-state index contributed by atoms with van der Waals surface area (Å²) in [5.74, 6) is -1.12. The number of carbonyl (C=O) groups is 3. The zero-order valence-corrected chi connectivity index (χ0v) is 15.2. The number of carbonyl (C=O) groups excluding carboxylic acids is 3. The van der Waals surface area contributed by atoms with Crippen molar-refractivity contribution in [3.63, 3.8) is 0 Å². The molecular formula is C19H19ClN2O4. The Kier molecular flexibility index (Phi) is 6.74. The molecule has 0 bridgehead atoms. The van der Waals surface area contributed by atoms with Gasteiger partial charge in [0.05, 0.1) is 6.42 Å². The molecular weight excluding hydrogens is 356 g/mol. The predicted molar refractivity (Wildman–Crippen MR) is 100 cm³/mol. The van der Waals surface area contributed by atoms with Crippen LogP contribution in [-0.2, 0) is 25.5 Å². The summed E-state index contributed by atoms with van der Waals surface area (Å²) < 4.78 is 5.15. The molecule has 2 rings (SSSR count). The number of ether oxygens (including phenoxy) is 1. The van der Waals surface area contributed by atoms with Crippen molar-refractivity contribution in [3.05, 3.63) is 59.1 Å². The second kappa shape index (κ2) is 9.01. The lowest BCUT2D eigenvalue weighted by Crippen LogP contribution is -2.30. The molecule has 0 radical (unpaired) electrons. The molecule has 0 aliphatic rings. The van der Waals surface area contributed by atoms with Gasteiger partial charge in [-0.1, -0.05) is 23.7 Å². The number of benzene rings is 2. The first-order chi connectivity index (χ1) is 12.3. The number of rotatable bonds is 6. The van der Waals surface area contributed by atoms with Gasteiger partial charge in [-0.2, -0.15) is 0 Å². The molecule has 0 saturated heterocycles. The first kappa shape index (κ1) is 19.5. The van der Waals surface area contributed by atoms with Gasteiger partial charge >= 0.3 is 5.97 Å². The lowest BCUT2D eigenvalue weighted by atomic mass is 10.1.